The van der Waals surface area contributed by atoms with E-state index in [1.165, 1.54) is 34.6 Å². The largest absolute Gasteiger partial charge is 0.433 e. The molecule has 2 aromatic heterocycles. The van der Waals surface area contributed by atoms with Crippen LogP contribution < -0.4 is 5.32 Å². The number of nitro groups is 1. The van der Waals surface area contributed by atoms with E-state index in [2.05, 4.69) is 31.1 Å². The smallest absolute Gasteiger partial charge is 0.400 e. The van der Waals surface area contributed by atoms with Crippen LogP contribution in [0.1, 0.15) is 53.8 Å². The lowest BCUT2D eigenvalue weighted by atomic mass is 9.72. The first-order valence-corrected chi connectivity index (χ1v) is 11.3. The topological polar surface area (TPSA) is 97.7 Å². The Kier molecular flexibility index (Phi) is 5.97. The molecule has 1 aromatic carbocycles. The van der Waals surface area contributed by atoms with Crippen LogP contribution in [0.5, 0.6) is 0 Å². The molecule has 32 heavy (non-hydrogen) atoms. The number of amides is 1. The summed E-state index contributed by atoms with van der Waals surface area (Å²) < 4.78 is 5.18. The van der Waals surface area contributed by atoms with Gasteiger partial charge in [0.15, 0.2) is 5.76 Å². The summed E-state index contributed by atoms with van der Waals surface area (Å²) in [6.45, 7) is 6.76. The average molecular weight is 452 g/mol. The Morgan fingerprint density at radius 2 is 2.00 bits per heavy atom. The van der Waals surface area contributed by atoms with Gasteiger partial charge in [-0.05, 0) is 54.4 Å². The van der Waals surface area contributed by atoms with Crippen LogP contribution in [0.15, 0.2) is 51.9 Å². The second-order valence-electron chi connectivity index (χ2n) is 9.00. The molecule has 4 rings (SSSR count). The van der Waals surface area contributed by atoms with Gasteiger partial charge in [-0.2, -0.15) is 0 Å². The fraction of sp³-hybridized carbons (Fsp3) is 0.333. The van der Waals surface area contributed by atoms with Crippen LogP contribution in [-0.2, 0) is 12.8 Å². The monoisotopic (exact) mass is 451 g/mol. The average Bonchev–Trinajstić information content (AvgIpc) is 3.36. The Labute approximate surface area is 190 Å². The summed E-state index contributed by atoms with van der Waals surface area (Å²) >= 11 is 1.52. The van der Waals surface area contributed by atoms with Crippen molar-refractivity contribution in [1.82, 2.24) is 0 Å². The number of aliphatic imine (C=N–C) groups is 1. The predicted octanol–water partition coefficient (Wildman–Crippen LogP) is 6.40. The number of rotatable bonds is 5. The molecule has 0 aliphatic heterocycles. The third kappa shape index (κ3) is 4.65. The Morgan fingerprint density at radius 1 is 1.25 bits per heavy atom. The van der Waals surface area contributed by atoms with Crippen LogP contribution in [-0.4, -0.2) is 17.0 Å². The van der Waals surface area contributed by atoms with E-state index < -0.39 is 4.92 Å². The maximum atomic E-state index is 13.3. The van der Waals surface area contributed by atoms with Gasteiger partial charge in [0.05, 0.1) is 17.8 Å². The van der Waals surface area contributed by atoms with Crippen LogP contribution >= 0.6 is 11.3 Å². The van der Waals surface area contributed by atoms with Gasteiger partial charge in [-0.3, -0.25) is 14.9 Å². The van der Waals surface area contributed by atoms with Gasteiger partial charge in [0.1, 0.15) is 9.92 Å². The number of nitrogens with zero attached hydrogens (tertiary/aromatic N) is 2. The molecule has 1 N–H and O–H groups in total. The third-order valence-electron chi connectivity index (χ3n) is 5.83. The molecule has 1 atom stereocenters. The van der Waals surface area contributed by atoms with Crippen LogP contribution in [0, 0.1) is 21.4 Å². The van der Waals surface area contributed by atoms with Gasteiger partial charge in [-0.25, -0.2) is 4.99 Å². The van der Waals surface area contributed by atoms with E-state index in [4.69, 9.17) is 4.42 Å². The number of para-hydroxylation sites is 1. The molecule has 7 nitrogen and oxygen atoms in total. The van der Waals surface area contributed by atoms with Crippen molar-refractivity contribution in [1.29, 1.82) is 0 Å². The molecule has 1 amide bonds. The predicted molar refractivity (Wildman–Crippen MR) is 126 cm³/mol. The molecule has 0 unspecified atom stereocenters. The van der Waals surface area contributed by atoms with Crippen LogP contribution in [0.4, 0.5) is 16.6 Å². The first kappa shape index (κ1) is 22.0. The Bertz CT molecular complexity index is 1170. The van der Waals surface area contributed by atoms with E-state index in [-0.39, 0.29) is 23.0 Å². The standard InChI is InChI=1S/C24H25N3O4S/c1-24(2,3)15-9-11-18-19(13-15)32-23(25-14-17-10-12-20(31-17)27(29)30)21(18)22(28)26-16-7-5-4-6-8-16/h4-8,10,12,14-15H,9,11,13H2,1-3H3,(H,26,28)/t15-/m0/s1. The minimum Gasteiger partial charge on any atom is -0.400 e. The molecule has 8 heteroatoms. The zero-order valence-corrected chi connectivity index (χ0v) is 19.1. The number of carbonyl (C=O) groups is 1. The molecule has 0 saturated heterocycles. The molecule has 2 heterocycles. The molecule has 1 aliphatic rings. The van der Waals surface area contributed by atoms with Crippen LogP contribution in [0.25, 0.3) is 0 Å². The van der Waals surface area contributed by atoms with Gasteiger partial charge in [0, 0.05) is 10.6 Å². The number of anilines is 1. The van der Waals surface area contributed by atoms with Crippen molar-refractivity contribution in [2.24, 2.45) is 16.3 Å². The lowest BCUT2D eigenvalue weighted by molar-refractivity contribution is -0.402. The summed E-state index contributed by atoms with van der Waals surface area (Å²) in [6.07, 6.45) is 4.20. The van der Waals surface area contributed by atoms with E-state index in [0.29, 0.717) is 16.5 Å². The van der Waals surface area contributed by atoms with E-state index in [9.17, 15) is 14.9 Å². The number of benzene rings is 1. The number of hydrogen-bond acceptors (Lipinski definition) is 6. The minimum atomic E-state index is -0.591. The van der Waals surface area contributed by atoms with Gasteiger partial charge in [0.25, 0.3) is 5.91 Å². The summed E-state index contributed by atoms with van der Waals surface area (Å²) in [5.41, 5.74) is 2.54. The van der Waals surface area contributed by atoms with Crippen molar-refractivity contribution >= 4 is 40.0 Å². The number of thiophene rings is 1. The van der Waals surface area contributed by atoms with Crippen molar-refractivity contribution in [3.63, 3.8) is 0 Å². The van der Waals surface area contributed by atoms with Gasteiger partial charge in [-0.1, -0.05) is 39.0 Å². The fourth-order valence-corrected chi connectivity index (χ4v) is 5.25. The van der Waals surface area contributed by atoms with E-state index in [1.54, 1.807) is 0 Å². The number of carbonyl (C=O) groups excluding carboxylic acids is 1. The third-order valence-corrected chi connectivity index (χ3v) is 6.99. The SMILES string of the molecule is CC(C)(C)[C@H]1CCc2c(sc(N=Cc3ccc([N+](=O)[O-])o3)c2C(=O)Nc2ccccc2)C1. The molecule has 0 saturated carbocycles. The van der Waals surface area contributed by atoms with Gasteiger partial charge < -0.3 is 9.73 Å². The van der Waals surface area contributed by atoms with Gasteiger partial charge in [-0.15, -0.1) is 11.3 Å². The quantitative estimate of drug-likeness (QED) is 0.275. The van der Waals surface area contributed by atoms with Gasteiger partial charge >= 0.3 is 5.88 Å². The van der Waals surface area contributed by atoms with E-state index in [0.717, 1.165) is 30.5 Å². The maximum Gasteiger partial charge on any atom is 0.433 e. The number of fused-ring (bicyclic) bond motifs is 1. The summed E-state index contributed by atoms with van der Waals surface area (Å²) in [5.74, 6) is 0.265. The van der Waals surface area contributed by atoms with Crippen LogP contribution in [0.3, 0.4) is 0 Å². The molecular weight excluding hydrogens is 426 g/mol. The minimum absolute atomic E-state index is 0.185. The highest BCUT2D eigenvalue weighted by molar-refractivity contribution is 7.16. The van der Waals surface area contributed by atoms with Crippen molar-refractivity contribution in [3.05, 3.63) is 74.3 Å². The van der Waals surface area contributed by atoms with E-state index in [1.807, 2.05) is 30.3 Å². The Morgan fingerprint density at radius 3 is 2.66 bits per heavy atom. The first-order valence-electron chi connectivity index (χ1n) is 10.5. The van der Waals surface area contributed by atoms with Crippen molar-refractivity contribution in [2.75, 3.05) is 5.32 Å². The highest BCUT2D eigenvalue weighted by Crippen LogP contribution is 2.45. The van der Waals surface area contributed by atoms with Crippen molar-refractivity contribution in [3.8, 4) is 0 Å². The zero-order valence-electron chi connectivity index (χ0n) is 18.3. The zero-order chi connectivity index (χ0) is 22.9. The Balaban J connectivity index is 1.69. The molecule has 0 spiro atoms. The number of hydrogen-bond donors (Lipinski definition) is 1. The molecule has 0 radical (unpaired) electrons. The van der Waals surface area contributed by atoms with Crippen molar-refractivity contribution < 1.29 is 14.1 Å². The second kappa shape index (κ2) is 8.70. The van der Waals surface area contributed by atoms with Crippen molar-refractivity contribution in [2.45, 2.75) is 40.0 Å². The van der Waals surface area contributed by atoms with Gasteiger partial charge in [0.2, 0.25) is 0 Å². The molecule has 0 bridgehead atoms. The summed E-state index contributed by atoms with van der Waals surface area (Å²) in [5, 5.41) is 14.4. The fourth-order valence-electron chi connectivity index (χ4n) is 3.98. The molecule has 3 aromatic rings. The first-order chi connectivity index (χ1) is 15.2. The molecule has 166 valence electrons. The van der Waals surface area contributed by atoms with E-state index >= 15 is 0 Å². The highest BCUT2D eigenvalue weighted by Gasteiger charge is 2.33. The molecular formula is C24H25N3O4S. The number of furan rings is 1. The Hall–Kier alpha value is -3.26. The second-order valence-corrected chi connectivity index (χ2v) is 10.1. The molecule has 1 aliphatic carbocycles. The lowest BCUT2D eigenvalue weighted by Crippen LogP contribution is -2.27. The lowest BCUT2D eigenvalue weighted by Gasteiger charge is -2.33. The summed E-state index contributed by atoms with van der Waals surface area (Å²) in [7, 11) is 0. The molecule has 0 fully saturated rings. The number of nitrogens with one attached hydrogen (secondary N) is 1. The van der Waals surface area contributed by atoms with Crippen LogP contribution in [0.2, 0.25) is 0 Å². The summed E-state index contributed by atoms with van der Waals surface area (Å²) in [6, 6.07) is 12.1. The normalized spacial score (nSPS) is 16.2. The summed E-state index contributed by atoms with van der Waals surface area (Å²) in [4.78, 5) is 29.2. The maximum absolute atomic E-state index is 13.3. The highest BCUT2D eigenvalue weighted by atomic mass is 32.1.